The second kappa shape index (κ2) is 9.30. The lowest BCUT2D eigenvalue weighted by Crippen LogP contribution is -2.49. The van der Waals surface area contributed by atoms with Gasteiger partial charge in [-0.1, -0.05) is 31.2 Å². The number of fused-ring (bicyclic) bond motifs is 1. The summed E-state index contributed by atoms with van der Waals surface area (Å²) >= 11 is 0. The van der Waals surface area contributed by atoms with E-state index < -0.39 is 11.7 Å². The Kier molecular flexibility index (Phi) is 6.30. The van der Waals surface area contributed by atoms with Gasteiger partial charge in [-0.25, -0.2) is 14.6 Å². The van der Waals surface area contributed by atoms with Gasteiger partial charge in [-0.05, 0) is 69.1 Å². The Morgan fingerprint density at radius 3 is 2.58 bits per heavy atom. The Balaban J connectivity index is 1.41. The third-order valence-corrected chi connectivity index (χ3v) is 7.33. The van der Waals surface area contributed by atoms with Crippen molar-refractivity contribution in [3.05, 3.63) is 58.1 Å². The summed E-state index contributed by atoms with van der Waals surface area (Å²) in [5, 5.41) is 3.02. The van der Waals surface area contributed by atoms with Crippen molar-refractivity contribution in [1.29, 1.82) is 0 Å². The summed E-state index contributed by atoms with van der Waals surface area (Å²) in [6.45, 7) is 9.87. The molecule has 36 heavy (non-hydrogen) atoms. The number of rotatable bonds is 5. The molecule has 1 amide bonds. The van der Waals surface area contributed by atoms with Gasteiger partial charge in [0.2, 0.25) is 0 Å². The van der Waals surface area contributed by atoms with E-state index in [1.54, 1.807) is 17.8 Å². The summed E-state index contributed by atoms with van der Waals surface area (Å²) < 4.78 is 8.92. The predicted molar refractivity (Wildman–Crippen MR) is 142 cm³/mol. The lowest BCUT2D eigenvalue weighted by Gasteiger charge is -2.35. The first-order chi connectivity index (χ1) is 17.1. The molecule has 2 fully saturated rings. The van der Waals surface area contributed by atoms with Gasteiger partial charge in [0.05, 0.1) is 12.2 Å². The number of ether oxygens (including phenoxy) is 1. The molecule has 0 radical (unpaired) electrons. The first-order valence-corrected chi connectivity index (χ1v) is 13.0. The molecular weight excluding hydrogens is 454 g/mol. The summed E-state index contributed by atoms with van der Waals surface area (Å²) in [5.41, 5.74) is 4.34. The van der Waals surface area contributed by atoms with Crippen LogP contribution in [0.5, 0.6) is 0 Å². The van der Waals surface area contributed by atoms with Gasteiger partial charge in [0.25, 0.3) is 0 Å². The highest BCUT2D eigenvalue weighted by Gasteiger charge is 2.33. The number of alkyl carbamates (subject to hydrolysis) is 1. The largest absolute Gasteiger partial charge is 0.444 e. The Labute approximate surface area is 212 Å². The standard InChI is InChI=1S/C28H37N5O3/c1-18-15-22(18)20-10-8-19(9-11-20)16-33-24-23(12-13-29-25(24)31(5)27(33)35)32-14-6-7-21(17-32)30-26(34)36-28(2,3)4/h8-13,18,21-22H,6-7,14-17H2,1-5H3,(H,30,34). The van der Waals surface area contributed by atoms with Crippen LogP contribution in [0.2, 0.25) is 0 Å². The molecule has 3 aromatic rings. The molecule has 3 unspecified atom stereocenters. The molecule has 5 rings (SSSR count). The van der Waals surface area contributed by atoms with E-state index in [1.165, 1.54) is 12.0 Å². The van der Waals surface area contributed by atoms with Crippen molar-refractivity contribution in [3.63, 3.8) is 0 Å². The number of pyridine rings is 1. The van der Waals surface area contributed by atoms with Crippen molar-refractivity contribution < 1.29 is 9.53 Å². The van der Waals surface area contributed by atoms with E-state index in [4.69, 9.17) is 4.74 Å². The molecule has 2 aromatic heterocycles. The normalized spacial score (nSPS) is 22.0. The van der Waals surface area contributed by atoms with Gasteiger partial charge >= 0.3 is 11.8 Å². The number of nitrogens with zero attached hydrogens (tertiary/aromatic N) is 4. The van der Waals surface area contributed by atoms with E-state index in [0.717, 1.165) is 42.1 Å². The summed E-state index contributed by atoms with van der Waals surface area (Å²) in [7, 11) is 1.78. The van der Waals surface area contributed by atoms with E-state index >= 15 is 0 Å². The number of amides is 1. The number of piperidine rings is 1. The van der Waals surface area contributed by atoms with Gasteiger partial charge in [-0.3, -0.25) is 9.13 Å². The van der Waals surface area contributed by atoms with E-state index in [1.807, 2.05) is 31.4 Å². The number of hydrogen-bond acceptors (Lipinski definition) is 5. The number of carbonyl (C=O) groups excluding carboxylic acids is 1. The smallest absolute Gasteiger partial charge is 0.407 e. The van der Waals surface area contributed by atoms with Crippen molar-refractivity contribution in [1.82, 2.24) is 19.4 Å². The van der Waals surface area contributed by atoms with Gasteiger partial charge in [0, 0.05) is 32.4 Å². The minimum atomic E-state index is -0.537. The number of aryl methyl sites for hydroxylation is 1. The van der Waals surface area contributed by atoms with Crippen LogP contribution in [0.1, 0.15) is 64.0 Å². The molecule has 1 N–H and O–H groups in total. The van der Waals surface area contributed by atoms with Gasteiger partial charge in [0.15, 0.2) is 5.65 Å². The highest BCUT2D eigenvalue weighted by atomic mass is 16.6. The summed E-state index contributed by atoms with van der Waals surface area (Å²) in [6.07, 6.45) is 4.45. The topological polar surface area (TPSA) is 81.4 Å². The maximum Gasteiger partial charge on any atom is 0.407 e. The SMILES string of the molecule is CC1CC1c1ccc(Cn2c(=O)n(C)c3nccc(N4CCCC(NC(=O)OC(C)(C)C)C4)c32)cc1. The minimum absolute atomic E-state index is 0.0296. The quantitative estimate of drug-likeness (QED) is 0.572. The Hall–Kier alpha value is -3.29. The van der Waals surface area contributed by atoms with Gasteiger partial charge in [-0.15, -0.1) is 0 Å². The highest BCUT2D eigenvalue weighted by molar-refractivity contribution is 5.87. The Morgan fingerprint density at radius 1 is 1.19 bits per heavy atom. The van der Waals surface area contributed by atoms with Gasteiger partial charge < -0.3 is 15.0 Å². The van der Waals surface area contributed by atoms with Crippen molar-refractivity contribution >= 4 is 22.9 Å². The van der Waals surface area contributed by atoms with Crippen LogP contribution in [0.15, 0.2) is 41.3 Å². The third-order valence-electron chi connectivity index (χ3n) is 7.33. The number of imidazole rings is 1. The zero-order valence-electron chi connectivity index (χ0n) is 22.0. The van der Waals surface area contributed by atoms with Crippen LogP contribution >= 0.6 is 0 Å². The molecule has 0 spiro atoms. The third kappa shape index (κ3) is 4.99. The summed E-state index contributed by atoms with van der Waals surface area (Å²) in [4.78, 5) is 32.5. The second-order valence-electron chi connectivity index (χ2n) is 11.4. The molecule has 1 aliphatic heterocycles. The first-order valence-electron chi connectivity index (χ1n) is 13.0. The van der Waals surface area contributed by atoms with Crippen molar-refractivity contribution in [2.75, 3.05) is 18.0 Å². The van der Waals surface area contributed by atoms with Crippen LogP contribution in [0.4, 0.5) is 10.5 Å². The first kappa shape index (κ1) is 24.4. The van der Waals surface area contributed by atoms with E-state index in [-0.39, 0.29) is 11.7 Å². The van der Waals surface area contributed by atoms with Crippen LogP contribution in [-0.4, -0.2) is 44.9 Å². The summed E-state index contributed by atoms with van der Waals surface area (Å²) in [6, 6.07) is 10.6. The molecule has 3 atom stereocenters. The molecule has 0 bridgehead atoms. The zero-order chi connectivity index (χ0) is 25.6. The average Bonchev–Trinajstić information content (AvgIpc) is 3.51. The monoisotopic (exact) mass is 491 g/mol. The lowest BCUT2D eigenvalue weighted by molar-refractivity contribution is 0.0500. The minimum Gasteiger partial charge on any atom is -0.444 e. The van der Waals surface area contributed by atoms with Gasteiger partial charge in [-0.2, -0.15) is 0 Å². The molecule has 2 aliphatic rings. The number of benzene rings is 1. The molecule has 1 saturated heterocycles. The molecule has 3 heterocycles. The maximum atomic E-state index is 13.3. The number of nitrogens with one attached hydrogen (secondary N) is 1. The number of hydrogen-bond donors (Lipinski definition) is 1. The van der Waals surface area contributed by atoms with Crippen molar-refractivity contribution in [2.24, 2.45) is 13.0 Å². The highest BCUT2D eigenvalue weighted by Crippen LogP contribution is 2.46. The predicted octanol–water partition coefficient (Wildman–Crippen LogP) is 4.40. The Morgan fingerprint density at radius 2 is 1.92 bits per heavy atom. The maximum absolute atomic E-state index is 13.3. The number of anilines is 1. The molecular formula is C28H37N5O3. The number of carbonyl (C=O) groups is 1. The van der Waals surface area contributed by atoms with E-state index in [0.29, 0.717) is 24.7 Å². The second-order valence-corrected chi connectivity index (χ2v) is 11.4. The van der Waals surface area contributed by atoms with Crippen molar-refractivity contribution in [3.8, 4) is 0 Å². The van der Waals surface area contributed by atoms with E-state index in [2.05, 4.69) is 46.4 Å². The molecule has 8 heteroatoms. The number of aromatic nitrogens is 3. The van der Waals surface area contributed by atoms with E-state index in [9.17, 15) is 9.59 Å². The fourth-order valence-electron chi connectivity index (χ4n) is 5.33. The molecule has 1 saturated carbocycles. The Bertz CT molecular complexity index is 1320. The zero-order valence-corrected chi connectivity index (χ0v) is 22.0. The molecule has 8 nitrogen and oxygen atoms in total. The molecule has 192 valence electrons. The lowest BCUT2D eigenvalue weighted by atomic mass is 10.0. The van der Waals surface area contributed by atoms with Crippen LogP contribution in [-0.2, 0) is 18.3 Å². The van der Waals surface area contributed by atoms with Crippen molar-refractivity contribution in [2.45, 2.75) is 71.1 Å². The molecule has 1 aliphatic carbocycles. The fourth-order valence-corrected chi connectivity index (χ4v) is 5.33. The fraction of sp³-hybridized carbons (Fsp3) is 0.536. The van der Waals surface area contributed by atoms with Crippen LogP contribution in [0.25, 0.3) is 11.2 Å². The average molecular weight is 492 g/mol. The molecule has 1 aromatic carbocycles. The summed E-state index contributed by atoms with van der Waals surface area (Å²) in [5.74, 6) is 1.44. The van der Waals surface area contributed by atoms with Crippen LogP contribution < -0.4 is 15.9 Å². The van der Waals surface area contributed by atoms with Gasteiger partial charge in [0.1, 0.15) is 11.1 Å². The van der Waals surface area contributed by atoms with Crippen LogP contribution in [0.3, 0.4) is 0 Å². The van der Waals surface area contributed by atoms with Crippen LogP contribution in [0, 0.1) is 5.92 Å².